The first-order valence-corrected chi connectivity index (χ1v) is 6.89. The Balaban J connectivity index is 3.16. The number of hydrogen-bond acceptors (Lipinski definition) is 1. The third-order valence-corrected chi connectivity index (χ3v) is 3.69. The molecule has 0 heterocycles. The quantitative estimate of drug-likeness (QED) is 0.646. The van der Waals surface area contributed by atoms with E-state index in [1.165, 1.54) is 5.56 Å². The van der Waals surface area contributed by atoms with Gasteiger partial charge in [-0.15, -0.1) is 0 Å². The fraction of sp³-hybridized carbons (Fsp3) is 0.500. The van der Waals surface area contributed by atoms with Gasteiger partial charge in [-0.2, -0.15) is 0 Å². The van der Waals surface area contributed by atoms with Gasteiger partial charge in [0, 0.05) is 10.6 Å². The van der Waals surface area contributed by atoms with Gasteiger partial charge < -0.3 is 4.74 Å². The number of allylic oxidation sites excluding steroid dienone is 2. The van der Waals surface area contributed by atoms with E-state index < -0.39 is 0 Å². The van der Waals surface area contributed by atoms with Crippen molar-refractivity contribution in [2.75, 3.05) is 7.11 Å². The second-order valence-electron chi connectivity index (χ2n) is 4.76. The van der Waals surface area contributed by atoms with Crippen molar-refractivity contribution in [2.45, 2.75) is 46.5 Å². The molecule has 0 N–H and O–H groups in total. The summed E-state index contributed by atoms with van der Waals surface area (Å²) in [6.45, 7) is 8.49. The third kappa shape index (κ3) is 3.29. The molecule has 1 atom stereocenters. The predicted octanol–water partition coefficient (Wildman–Crippen LogP) is 5.43. The van der Waals surface area contributed by atoms with Gasteiger partial charge in [0.2, 0.25) is 0 Å². The highest BCUT2D eigenvalue weighted by Crippen LogP contribution is 2.38. The van der Waals surface area contributed by atoms with Gasteiger partial charge in [0.15, 0.2) is 0 Å². The number of benzene rings is 1. The molecule has 1 unspecified atom stereocenters. The van der Waals surface area contributed by atoms with Crippen LogP contribution in [0.1, 0.15) is 49.3 Å². The second-order valence-corrected chi connectivity index (χ2v) is 5.17. The lowest BCUT2D eigenvalue weighted by Gasteiger charge is -2.20. The average molecular weight is 267 g/mol. The maximum Gasteiger partial charge on any atom is 0.125 e. The lowest BCUT2D eigenvalue weighted by molar-refractivity contribution is 0.403. The van der Waals surface area contributed by atoms with Gasteiger partial charge in [-0.25, -0.2) is 0 Å². The number of halogens is 1. The molecule has 0 aliphatic rings. The van der Waals surface area contributed by atoms with E-state index in [0.29, 0.717) is 5.92 Å². The van der Waals surface area contributed by atoms with Crippen molar-refractivity contribution in [2.24, 2.45) is 0 Å². The summed E-state index contributed by atoms with van der Waals surface area (Å²) < 4.78 is 5.56. The van der Waals surface area contributed by atoms with Gasteiger partial charge in [-0.3, -0.25) is 0 Å². The van der Waals surface area contributed by atoms with Gasteiger partial charge in [0.25, 0.3) is 0 Å². The van der Waals surface area contributed by atoms with Gasteiger partial charge in [-0.1, -0.05) is 37.6 Å². The zero-order valence-corrected chi connectivity index (χ0v) is 12.8. The molecule has 2 heteroatoms. The van der Waals surface area contributed by atoms with Crippen LogP contribution in [0.4, 0.5) is 0 Å². The van der Waals surface area contributed by atoms with Crippen molar-refractivity contribution < 1.29 is 4.74 Å². The molecule has 1 aromatic rings. The van der Waals surface area contributed by atoms with Crippen LogP contribution in [0.15, 0.2) is 18.2 Å². The molecule has 1 nitrogen and oxygen atoms in total. The standard InChI is InChI=1S/C16H23ClO/c1-6-7-8-9-11(2)15-13(4)14(17)10-12(3)16(15)18-5/h7-8,10-11H,6,9H2,1-5H3/b8-7-. The first kappa shape index (κ1) is 15.1. The highest BCUT2D eigenvalue weighted by atomic mass is 35.5. The smallest absolute Gasteiger partial charge is 0.125 e. The molecule has 0 aliphatic carbocycles. The topological polar surface area (TPSA) is 9.23 Å². The van der Waals surface area contributed by atoms with E-state index in [-0.39, 0.29) is 0 Å². The molecule has 0 saturated carbocycles. The molecule has 1 rings (SSSR count). The Labute approximate surface area is 116 Å². The number of ether oxygens (including phenoxy) is 1. The van der Waals surface area contributed by atoms with E-state index in [9.17, 15) is 0 Å². The zero-order chi connectivity index (χ0) is 13.7. The molecule has 1 aromatic carbocycles. The average Bonchev–Trinajstić information content (AvgIpc) is 2.33. The van der Waals surface area contributed by atoms with Gasteiger partial charge >= 0.3 is 0 Å². The van der Waals surface area contributed by atoms with E-state index in [0.717, 1.165) is 34.7 Å². The van der Waals surface area contributed by atoms with Crippen molar-refractivity contribution in [1.29, 1.82) is 0 Å². The molecule has 0 saturated heterocycles. The van der Waals surface area contributed by atoms with Crippen LogP contribution in [0.3, 0.4) is 0 Å². The molecular formula is C16H23ClO. The summed E-state index contributed by atoms with van der Waals surface area (Å²) in [5.74, 6) is 1.40. The number of aryl methyl sites for hydroxylation is 1. The minimum atomic E-state index is 0.417. The molecular weight excluding hydrogens is 244 g/mol. The maximum atomic E-state index is 6.28. The number of hydrogen-bond donors (Lipinski definition) is 0. The monoisotopic (exact) mass is 266 g/mol. The fourth-order valence-electron chi connectivity index (χ4n) is 2.32. The normalized spacial score (nSPS) is 13.0. The fourth-order valence-corrected chi connectivity index (χ4v) is 2.59. The summed E-state index contributed by atoms with van der Waals surface area (Å²) in [4.78, 5) is 0. The van der Waals surface area contributed by atoms with E-state index >= 15 is 0 Å². The van der Waals surface area contributed by atoms with E-state index in [1.807, 2.05) is 13.0 Å². The summed E-state index contributed by atoms with van der Waals surface area (Å²) in [7, 11) is 1.73. The molecule has 0 aliphatic heterocycles. The van der Waals surface area contributed by atoms with Gasteiger partial charge in [0.1, 0.15) is 5.75 Å². The Morgan fingerprint density at radius 1 is 1.33 bits per heavy atom. The summed E-state index contributed by atoms with van der Waals surface area (Å²) in [5.41, 5.74) is 3.48. The Morgan fingerprint density at radius 2 is 2.00 bits per heavy atom. The molecule has 100 valence electrons. The van der Waals surface area contributed by atoms with Crippen LogP contribution in [0.2, 0.25) is 5.02 Å². The summed E-state index contributed by atoms with van der Waals surface area (Å²) in [5, 5.41) is 0.828. The van der Waals surface area contributed by atoms with Crippen molar-refractivity contribution >= 4 is 11.6 Å². The van der Waals surface area contributed by atoms with Crippen LogP contribution in [-0.4, -0.2) is 7.11 Å². The largest absolute Gasteiger partial charge is 0.496 e. The second kappa shape index (κ2) is 6.84. The Bertz CT molecular complexity index is 435. The van der Waals surface area contributed by atoms with Crippen LogP contribution < -0.4 is 4.74 Å². The first-order valence-electron chi connectivity index (χ1n) is 6.51. The number of methoxy groups -OCH3 is 1. The predicted molar refractivity (Wildman–Crippen MR) is 79.9 cm³/mol. The van der Waals surface area contributed by atoms with Gasteiger partial charge in [0.05, 0.1) is 7.11 Å². The van der Waals surface area contributed by atoms with Crippen LogP contribution in [0, 0.1) is 13.8 Å². The maximum absolute atomic E-state index is 6.28. The van der Waals surface area contributed by atoms with Crippen LogP contribution in [0.5, 0.6) is 5.75 Å². The summed E-state index contributed by atoms with van der Waals surface area (Å²) in [6, 6.07) is 1.98. The first-order chi connectivity index (χ1) is 8.52. The Kier molecular flexibility index (Phi) is 5.74. The molecule has 18 heavy (non-hydrogen) atoms. The SMILES string of the molecule is CC/C=C\CC(C)c1c(C)c(Cl)cc(C)c1OC. The zero-order valence-electron chi connectivity index (χ0n) is 12.0. The minimum Gasteiger partial charge on any atom is -0.496 e. The highest BCUT2D eigenvalue weighted by molar-refractivity contribution is 6.31. The Hall–Kier alpha value is -0.950. The molecule has 0 aromatic heterocycles. The highest BCUT2D eigenvalue weighted by Gasteiger charge is 2.17. The van der Waals surface area contributed by atoms with Crippen molar-refractivity contribution in [3.8, 4) is 5.75 Å². The Morgan fingerprint density at radius 3 is 2.56 bits per heavy atom. The molecule has 0 bridgehead atoms. The lowest BCUT2D eigenvalue weighted by Crippen LogP contribution is -2.02. The molecule has 0 radical (unpaired) electrons. The summed E-state index contributed by atoms with van der Waals surface area (Å²) in [6.07, 6.45) is 6.54. The number of rotatable bonds is 5. The van der Waals surface area contributed by atoms with E-state index in [4.69, 9.17) is 16.3 Å². The van der Waals surface area contributed by atoms with E-state index in [2.05, 4.69) is 32.9 Å². The van der Waals surface area contributed by atoms with Crippen LogP contribution >= 0.6 is 11.6 Å². The van der Waals surface area contributed by atoms with Crippen LogP contribution in [-0.2, 0) is 0 Å². The van der Waals surface area contributed by atoms with Crippen molar-refractivity contribution in [3.63, 3.8) is 0 Å². The van der Waals surface area contributed by atoms with E-state index in [1.54, 1.807) is 7.11 Å². The lowest BCUT2D eigenvalue weighted by atomic mass is 9.90. The molecule has 0 amide bonds. The van der Waals surface area contributed by atoms with Crippen molar-refractivity contribution in [1.82, 2.24) is 0 Å². The third-order valence-electron chi connectivity index (χ3n) is 3.30. The minimum absolute atomic E-state index is 0.417. The summed E-state index contributed by atoms with van der Waals surface area (Å²) >= 11 is 6.28. The van der Waals surface area contributed by atoms with Crippen molar-refractivity contribution in [3.05, 3.63) is 39.9 Å². The molecule has 0 spiro atoms. The van der Waals surface area contributed by atoms with Gasteiger partial charge in [-0.05, 0) is 49.8 Å². The van der Waals surface area contributed by atoms with Crippen LogP contribution in [0.25, 0.3) is 0 Å². The molecule has 0 fully saturated rings.